The maximum absolute atomic E-state index is 11.1. The first-order valence-corrected chi connectivity index (χ1v) is 5.41. The molecule has 0 atom stereocenters. The molecule has 1 heterocycles. The Kier molecular flexibility index (Phi) is 3.18. The van der Waals surface area contributed by atoms with E-state index < -0.39 is 5.91 Å². The van der Waals surface area contributed by atoms with Crippen molar-refractivity contribution in [3.63, 3.8) is 0 Å². The van der Waals surface area contributed by atoms with E-state index in [1.54, 1.807) is 18.2 Å². The fourth-order valence-corrected chi connectivity index (χ4v) is 1.55. The summed E-state index contributed by atoms with van der Waals surface area (Å²) in [6.07, 6.45) is 0. The maximum Gasteiger partial charge on any atom is 0.248 e. The van der Waals surface area contributed by atoms with Gasteiger partial charge < -0.3 is 21.3 Å². The van der Waals surface area contributed by atoms with Crippen molar-refractivity contribution in [1.82, 2.24) is 5.16 Å². The number of primary amides is 1. The van der Waals surface area contributed by atoms with Crippen molar-refractivity contribution in [2.75, 3.05) is 11.1 Å². The number of hydrogen-bond acceptors (Lipinski definition) is 5. The summed E-state index contributed by atoms with van der Waals surface area (Å²) >= 11 is 0. The summed E-state index contributed by atoms with van der Waals surface area (Å²) < 4.78 is 4.95. The molecule has 2 rings (SSSR count). The van der Waals surface area contributed by atoms with E-state index in [0.29, 0.717) is 23.5 Å². The van der Waals surface area contributed by atoms with Crippen molar-refractivity contribution < 1.29 is 9.32 Å². The van der Waals surface area contributed by atoms with Gasteiger partial charge in [0.2, 0.25) is 5.91 Å². The van der Waals surface area contributed by atoms with E-state index >= 15 is 0 Å². The van der Waals surface area contributed by atoms with E-state index in [2.05, 4.69) is 10.5 Å². The van der Waals surface area contributed by atoms with Gasteiger partial charge in [0.15, 0.2) is 0 Å². The molecule has 1 aromatic heterocycles. The highest BCUT2D eigenvalue weighted by Gasteiger charge is 2.06. The van der Waals surface area contributed by atoms with E-state index in [1.807, 2.05) is 13.0 Å². The normalized spacial score (nSPS) is 10.3. The Balaban J connectivity index is 2.13. The van der Waals surface area contributed by atoms with Crippen LogP contribution in [0.15, 0.2) is 28.8 Å². The monoisotopic (exact) mass is 246 g/mol. The zero-order chi connectivity index (χ0) is 13.1. The van der Waals surface area contributed by atoms with E-state index in [0.717, 1.165) is 11.5 Å². The molecule has 1 amide bonds. The Hall–Kier alpha value is -2.50. The summed E-state index contributed by atoms with van der Waals surface area (Å²) in [5.41, 5.74) is 13.4. The first-order valence-electron chi connectivity index (χ1n) is 5.41. The third kappa shape index (κ3) is 2.60. The van der Waals surface area contributed by atoms with E-state index in [-0.39, 0.29) is 0 Å². The van der Waals surface area contributed by atoms with Crippen LogP contribution in [0.2, 0.25) is 0 Å². The average Bonchev–Trinajstić information content (AvgIpc) is 2.74. The molecule has 0 unspecified atom stereocenters. The highest BCUT2D eigenvalue weighted by Crippen LogP contribution is 2.20. The molecule has 0 aliphatic carbocycles. The molecular formula is C12H14N4O2. The van der Waals surface area contributed by atoms with Crippen LogP contribution in [0.1, 0.15) is 21.8 Å². The smallest absolute Gasteiger partial charge is 0.248 e. The summed E-state index contributed by atoms with van der Waals surface area (Å²) in [5, 5.41) is 6.93. The summed E-state index contributed by atoms with van der Waals surface area (Å²) in [4.78, 5) is 11.1. The van der Waals surface area contributed by atoms with Gasteiger partial charge in [-0.05, 0) is 25.1 Å². The van der Waals surface area contributed by atoms with Crippen molar-refractivity contribution >= 4 is 17.3 Å². The summed E-state index contributed by atoms with van der Waals surface area (Å²) in [5.74, 6) is 0.251. The standard InChI is InChI=1S/C12H14N4O2/c1-7-4-9(16-18-7)6-15-11-5-8(12(14)17)2-3-10(11)13/h2-5,15H,6,13H2,1H3,(H2,14,17). The fourth-order valence-electron chi connectivity index (χ4n) is 1.55. The predicted octanol–water partition coefficient (Wildman–Crippen LogP) is 1.28. The third-order valence-corrected chi connectivity index (χ3v) is 2.47. The van der Waals surface area contributed by atoms with Gasteiger partial charge in [0, 0.05) is 11.6 Å². The van der Waals surface area contributed by atoms with Crippen LogP contribution >= 0.6 is 0 Å². The van der Waals surface area contributed by atoms with Crippen molar-refractivity contribution in [2.24, 2.45) is 5.73 Å². The summed E-state index contributed by atoms with van der Waals surface area (Å²) in [7, 11) is 0. The second kappa shape index (κ2) is 4.79. The number of hydrogen-bond donors (Lipinski definition) is 3. The van der Waals surface area contributed by atoms with Gasteiger partial charge in [0.05, 0.1) is 17.9 Å². The maximum atomic E-state index is 11.1. The molecule has 94 valence electrons. The number of amides is 1. The first-order chi connectivity index (χ1) is 8.56. The number of benzene rings is 1. The van der Waals surface area contributed by atoms with Crippen LogP contribution in [-0.4, -0.2) is 11.1 Å². The first kappa shape index (κ1) is 12.0. The number of anilines is 2. The van der Waals surface area contributed by atoms with Gasteiger partial charge in [-0.3, -0.25) is 4.79 Å². The van der Waals surface area contributed by atoms with Crippen molar-refractivity contribution in [2.45, 2.75) is 13.5 Å². The number of nitrogens with zero attached hydrogens (tertiary/aromatic N) is 1. The Morgan fingerprint density at radius 1 is 1.44 bits per heavy atom. The van der Waals surface area contributed by atoms with Crippen LogP contribution in [0.4, 0.5) is 11.4 Å². The number of carbonyl (C=O) groups excluding carboxylic acids is 1. The van der Waals surface area contributed by atoms with Gasteiger partial charge in [-0.1, -0.05) is 5.16 Å². The molecule has 5 N–H and O–H groups in total. The molecular weight excluding hydrogens is 232 g/mol. The van der Waals surface area contributed by atoms with Crippen LogP contribution in [0.5, 0.6) is 0 Å². The minimum absolute atomic E-state index is 0.406. The molecule has 6 heteroatoms. The molecule has 0 saturated heterocycles. The number of nitrogens with one attached hydrogen (secondary N) is 1. The van der Waals surface area contributed by atoms with Gasteiger partial charge in [0.25, 0.3) is 0 Å². The quantitative estimate of drug-likeness (QED) is 0.704. The van der Waals surface area contributed by atoms with Crippen LogP contribution in [-0.2, 0) is 6.54 Å². The topological polar surface area (TPSA) is 107 Å². The Bertz CT molecular complexity index is 577. The van der Waals surface area contributed by atoms with Gasteiger partial charge in [-0.15, -0.1) is 0 Å². The molecule has 1 aromatic carbocycles. The minimum Gasteiger partial charge on any atom is -0.397 e. The fraction of sp³-hybridized carbons (Fsp3) is 0.167. The van der Waals surface area contributed by atoms with Crippen molar-refractivity contribution in [3.05, 3.63) is 41.3 Å². The molecule has 0 fully saturated rings. The van der Waals surface area contributed by atoms with Crippen LogP contribution in [0, 0.1) is 6.92 Å². The van der Waals surface area contributed by atoms with Crippen LogP contribution in [0.25, 0.3) is 0 Å². The second-order valence-corrected chi connectivity index (χ2v) is 3.95. The minimum atomic E-state index is -0.490. The van der Waals surface area contributed by atoms with Gasteiger partial charge in [-0.25, -0.2) is 0 Å². The molecule has 0 spiro atoms. The number of aromatic nitrogens is 1. The second-order valence-electron chi connectivity index (χ2n) is 3.95. The van der Waals surface area contributed by atoms with E-state index in [9.17, 15) is 4.79 Å². The van der Waals surface area contributed by atoms with E-state index in [4.69, 9.17) is 16.0 Å². The lowest BCUT2D eigenvalue weighted by Crippen LogP contribution is -2.12. The Labute approximate surface area is 104 Å². The SMILES string of the molecule is Cc1cc(CNc2cc(C(N)=O)ccc2N)no1. The highest BCUT2D eigenvalue weighted by atomic mass is 16.5. The molecule has 6 nitrogen and oxygen atoms in total. The largest absolute Gasteiger partial charge is 0.397 e. The highest BCUT2D eigenvalue weighted by molar-refractivity contribution is 5.94. The Morgan fingerprint density at radius 3 is 2.83 bits per heavy atom. The van der Waals surface area contributed by atoms with Crippen molar-refractivity contribution in [3.8, 4) is 0 Å². The average molecular weight is 246 g/mol. The number of nitrogens with two attached hydrogens (primary N) is 2. The lowest BCUT2D eigenvalue weighted by atomic mass is 10.1. The van der Waals surface area contributed by atoms with Gasteiger partial charge in [0.1, 0.15) is 11.5 Å². The molecule has 0 bridgehead atoms. The number of nitrogen functional groups attached to an aromatic ring is 1. The number of carbonyl (C=O) groups is 1. The molecule has 18 heavy (non-hydrogen) atoms. The van der Waals surface area contributed by atoms with E-state index in [1.165, 1.54) is 0 Å². The van der Waals surface area contributed by atoms with Gasteiger partial charge in [-0.2, -0.15) is 0 Å². The van der Waals surface area contributed by atoms with Crippen molar-refractivity contribution in [1.29, 1.82) is 0 Å². The lowest BCUT2D eigenvalue weighted by molar-refractivity contribution is 0.100. The molecule has 2 aromatic rings. The molecule has 0 aliphatic heterocycles. The number of rotatable bonds is 4. The van der Waals surface area contributed by atoms with Crippen LogP contribution in [0.3, 0.4) is 0 Å². The third-order valence-electron chi connectivity index (χ3n) is 2.47. The zero-order valence-electron chi connectivity index (χ0n) is 9.93. The molecule has 0 radical (unpaired) electrons. The summed E-state index contributed by atoms with van der Waals surface area (Å²) in [6, 6.07) is 6.66. The molecule has 0 aliphatic rings. The molecule has 0 saturated carbocycles. The number of aryl methyl sites for hydroxylation is 1. The Morgan fingerprint density at radius 2 is 2.22 bits per heavy atom. The van der Waals surface area contributed by atoms with Crippen LogP contribution < -0.4 is 16.8 Å². The zero-order valence-corrected chi connectivity index (χ0v) is 9.93. The lowest BCUT2D eigenvalue weighted by Gasteiger charge is -2.08. The summed E-state index contributed by atoms with van der Waals surface area (Å²) in [6.45, 7) is 2.28. The van der Waals surface area contributed by atoms with Gasteiger partial charge >= 0.3 is 0 Å². The predicted molar refractivity (Wildman–Crippen MR) is 67.9 cm³/mol.